The van der Waals surface area contributed by atoms with Gasteiger partial charge in [-0.3, -0.25) is 14.5 Å². The quantitative estimate of drug-likeness (QED) is 0.152. The van der Waals surface area contributed by atoms with Gasteiger partial charge < -0.3 is 25.2 Å². The first-order chi connectivity index (χ1) is 26.1. The summed E-state index contributed by atoms with van der Waals surface area (Å²) in [6.45, 7) is 7.22. The Morgan fingerprint density at radius 3 is 2.28 bits per heavy atom. The molecule has 4 aromatic rings. The number of ether oxygens (including phenoxy) is 2. The highest BCUT2D eigenvalue weighted by atomic mass is 16.7. The number of nitrogens with zero attached hydrogens (tertiary/aromatic N) is 1. The van der Waals surface area contributed by atoms with Crippen molar-refractivity contribution in [2.45, 2.75) is 115 Å². The summed E-state index contributed by atoms with van der Waals surface area (Å²) in [5.74, 6) is 0.615. The SMILES string of the molecule is CC(C)(C)NC(=O)[C@H]1CC[C@H]2CCCC[C@H]2N1C[C@H]1C[C@@H](c2ccc(CO)cc2)O[C@@H](c2cccc(-c3cccc(CNC(=O)c4ccccc4)c3)c2)O1. The molecule has 0 unspecified atom stereocenters. The number of carbonyl (C=O) groups excluding carboxylic acids is 2. The zero-order valence-electron chi connectivity index (χ0n) is 31.9. The molecular formula is C46H55N3O5. The molecule has 7 rings (SSSR count). The maximum atomic E-state index is 13.8. The first-order valence-corrected chi connectivity index (χ1v) is 19.7. The Labute approximate surface area is 320 Å². The molecule has 3 fully saturated rings. The summed E-state index contributed by atoms with van der Waals surface area (Å²) in [4.78, 5) is 29.0. The van der Waals surface area contributed by atoms with Gasteiger partial charge in [-0.1, -0.05) is 91.7 Å². The summed E-state index contributed by atoms with van der Waals surface area (Å²) in [6.07, 6.45) is 6.38. The number of likely N-dealkylation sites (tertiary alicyclic amines) is 1. The topological polar surface area (TPSA) is 100 Å². The molecule has 2 saturated heterocycles. The number of aliphatic hydroxyl groups excluding tert-OH is 1. The molecule has 0 bridgehead atoms. The van der Waals surface area contributed by atoms with Crippen LogP contribution < -0.4 is 10.6 Å². The number of amides is 2. The van der Waals surface area contributed by atoms with Crippen molar-refractivity contribution in [3.63, 3.8) is 0 Å². The van der Waals surface area contributed by atoms with E-state index < -0.39 is 6.29 Å². The van der Waals surface area contributed by atoms with Gasteiger partial charge in [0.05, 0.1) is 24.9 Å². The number of rotatable bonds is 10. The number of aliphatic hydroxyl groups is 1. The van der Waals surface area contributed by atoms with E-state index in [1.165, 1.54) is 19.3 Å². The molecule has 2 heterocycles. The molecule has 8 heteroatoms. The second kappa shape index (κ2) is 17.0. The fourth-order valence-electron chi connectivity index (χ4n) is 8.60. The lowest BCUT2D eigenvalue weighted by Crippen LogP contribution is -2.61. The third kappa shape index (κ3) is 9.29. The van der Waals surface area contributed by atoms with Crippen LogP contribution >= 0.6 is 0 Å². The van der Waals surface area contributed by atoms with Gasteiger partial charge in [0.25, 0.3) is 5.91 Å². The Morgan fingerprint density at radius 1 is 0.778 bits per heavy atom. The molecule has 2 aliphatic heterocycles. The van der Waals surface area contributed by atoms with E-state index >= 15 is 0 Å². The molecule has 1 aliphatic carbocycles. The highest BCUT2D eigenvalue weighted by molar-refractivity contribution is 5.94. The van der Waals surface area contributed by atoms with Gasteiger partial charge >= 0.3 is 0 Å². The maximum Gasteiger partial charge on any atom is 0.251 e. The average Bonchev–Trinajstić information content (AvgIpc) is 3.20. The van der Waals surface area contributed by atoms with Gasteiger partial charge in [0.1, 0.15) is 0 Å². The van der Waals surface area contributed by atoms with Crippen molar-refractivity contribution in [3.8, 4) is 11.1 Å². The Kier molecular flexibility index (Phi) is 11.9. The van der Waals surface area contributed by atoms with Crippen molar-refractivity contribution in [2.75, 3.05) is 6.54 Å². The maximum absolute atomic E-state index is 13.8. The molecule has 3 aliphatic rings. The van der Waals surface area contributed by atoms with Gasteiger partial charge in [0, 0.05) is 42.2 Å². The lowest BCUT2D eigenvalue weighted by molar-refractivity contribution is -0.255. The van der Waals surface area contributed by atoms with Crippen molar-refractivity contribution in [1.82, 2.24) is 15.5 Å². The van der Waals surface area contributed by atoms with Gasteiger partial charge in [0.15, 0.2) is 6.29 Å². The monoisotopic (exact) mass is 729 g/mol. The predicted molar refractivity (Wildman–Crippen MR) is 211 cm³/mol. The molecule has 1 saturated carbocycles. The van der Waals surface area contributed by atoms with E-state index in [0.717, 1.165) is 52.6 Å². The van der Waals surface area contributed by atoms with Crippen molar-refractivity contribution in [3.05, 3.63) is 131 Å². The van der Waals surface area contributed by atoms with Crippen LogP contribution in [0, 0.1) is 5.92 Å². The minimum atomic E-state index is -0.617. The standard InChI is InChI=1S/C46H55N3O5/c1-46(2,3)48-44(52)41-24-23-33-12-7-8-18-40(33)49(41)29-39-27-42(34-21-19-31(30-50)20-22-34)54-45(53-39)38-17-10-16-37(26-38)36-15-9-11-32(25-36)28-47-43(51)35-13-5-4-6-14-35/h4-6,9-11,13-17,19-22,25-26,33,39-42,45,50H,7-8,12,18,23-24,27-30H2,1-3H3,(H,47,51)(H,48,52)/t33-,39-,40-,41-,42+,45+/m1/s1. The van der Waals surface area contributed by atoms with Crippen LogP contribution in [0.2, 0.25) is 0 Å². The summed E-state index contributed by atoms with van der Waals surface area (Å²) in [5.41, 5.74) is 6.23. The zero-order chi connectivity index (χ0) is 37.7. The smallest absolute Gasteiger partial charge is 0.251 e. The minimum Gasteiger partial charge on any atom is -0.392 e. The first-order valence-electron chi connectivity index (χ1n) is 19.7. The van der Waals surface area contributed by atoms with Gasteiger partial charge in [-0.05, 0) is 104 Å². The largest absolute Gasteiger partial charge is 0.392 e. The Bertz CT molecular complexity index is 1870. The lowest BCUT2D eigenvalue weighted by Gasteiger charge is -2.50. The summed E-state index contributed by atoms with van der Waals surface area (Å²) < 4.78 is 13.7. The van der Waals surface area contributed by atoms with Crippen molar-refractivity contribution in [2.24, 2.45) is 5.92 Å². The van der Waals surface area contributed by atoms with Gasteiger partial charge in [0.2, 0.25) is 5.91 Å². The summed E-state index contributed by atoms with van der Waals surface area (Å²) in [7, 11) is 0. The second-order valence-electron chi connectivity index (χ2n) is 16.4. The van der Waals surface area contributed by atoms with Crippen LogP contribution in [0.3, 0.4) is 0 Å². The fraction of sp³-hybridized carbons (Fsp3) is 0.435. The van der Waals surface area contributed by atoms with Crippen molar-refractivity contribution >= 4 is 11.8 Å². The summed E-state index contributed by atoms with van der Waals surface area (Å²) in [5, 5.41) is 16.0. The zero-order valence-corrected chi connectivity index (χ0v) is 31.9. The number of carbonyl (C=O) groups is 2. The molecular weight excluding hydrogens is 675 g/mol. The third-order valence-corrected chi connectivity index (χ3v) is 11.2. The molecule has 3 N–H and O–H groups in total. The third-order valence-electron chi connectivity index (χ3n) is 11.2. The summed E-state index contributed by atoms with van der Waals surface area (Å²) in [6, 6.07) is 34.0. The van der Waals surface area contributed by atoms with Gasteiger partial charge in [-0.25, -0.2) is 0 Å². The van der Waals surface area contributed by atoms with Gasteiger partial charge in [-0.15, -0.1) is 0 Å². The van der Waals surface area contributed by atoms with E-state index in [1.54, 1.807) is 0 Å². The van der Waals surface area contributed by atoms with Gasteiger partial charge in [-0.2, -0.15) is 0 Å². The number of hydrogen-bond acceptors (Lipinski definition) is 6. The number of nitrogens with one attached hydrogen (secondary N) is 2. The predicted octanol–water partition coefficient (Wildman–Crippen LogP) is 8.26. The number of benzene rings is 4. The van der Waals surface area contributed by atoms with Crippen molar-refractivity contribution in [1.29, 1.82) is 0 Å². The molecule has 0 aromatic heterocycles. The minimum absolute atomic E-state index is 0.0108. The highest BCUT2D eigenvalue weighted by Crippen LogP contribution is 2.42. The second-order valence-corrected chi connectivity index (χ2v) is 16.4. The van der Waals surface area contributed by atoms with E-state index in [-0.39, 0.29) is 42.2 Å². The molecule has 2 amide bonds. The molecule has 54 heavy (non-hydrogen) atoms. The number of fused-ring (bicyclic) bond motifs is 1. The Hall–Kier alpha value is -4.34. The molecule has 8 nitrogen and oxygen atoms in total. The molecule has 0 radical (unpaired) electrons. The average molecular weight is 730 g/mol. The van der Waals surface area contributed by atoms with Crippen LogP contribution in [0.25, 0.3) is 11.1 Å². The number of hydrogen-bond donors (Lipinski definition) is 3. The molecule has 4 aromatic carbocycles. The molecule has 284 valence electrons. The lowest BCUT2D eigenvalue weighted by atomic mass is 9.75. The molecule has 6 atom stereocenters. The van der Waals surface area contributed by atoms with E-state index in [9.17, 15) is 14.7 Å². The van der Waals surface area contributed by atoms with E-state index in [2.05, 4.69) is 66.6 Å². The fourth-order valence-corrected chi connectivity index (χ4v) is 8.60. The van der Waals surface area contributed by atoms with Crippen LogP contribution in [0.5, 0.6) is 0 Å². The van der Waals surface area contributed by atoms with Crippen LogP contribution in [0.4, 0.5) is 0 Å². The van der Waals surface area contributed by atoms with E-state index in [4.69, 9.17) is 9.47 Å². The van der Waals surface area contributed by atoms with Crippen LogP contribution in [0.1, 0.15) is 111 Å². The number of piperidine rings is 1. The van der Waals surface area contributed by atoms with Crippen LogP contribution in [0.15, 0.2) is 103 Å². The Morgan fingerprint density at radius 2 is 1.52 bits per heavy atom. The van der Waals surface area contributed by atoms with Crippen LogP contribution in [-0.2, 0) is 27.4 Å². The van der Waals surface area contributed by atoms with E-state index in [1.807, 2.05) is 72.8 Å². The summed E-state index contributed by atoms with van der Waals surface area (Å²) >= 11 is 0. The normalized spacial score (nSPS) is 24.7. The highest BCUT2D eigenvalue weighted by Gasteiger charge is 2.44. The van der Waals surface area contributed by atoms with Crippen molar-refractivity contribution < 1.29 is 24.2 Å². The first kappa shape index (κ1) is 38.0. The van der Waals surface area contributed by atoms with Crippen LogP contribution in [-0.4, -0.2) is 52.1 Å². The van der Waals surface area contributed by atoms with E-state index in [0.29, 0.717) is 37.0 Å². The molecule has 0 spiro atoms. The Balaban J connectivity index is 1.14.